The van der Waals surface area contributed by atoms with Crippen LogP contribution in [0.2, 0.25) is 0 Å². The number of carbonyl (C=O) groups excluding carboxylic acids is 3. The van der Waals surface area contributed by atoms with E-state index < -0.39 is 39.6 Å². The number of hydrogen-bond acceptors (Lipinski definition) is 9. The number of nitrogens with one attached hydrogen (secondary N) is 1. The third kappa shape index (κ3) is 8.67. The highest BCUT2D eigenvalue weighted by Crippen LogP contribution is 2.38. The molecule has 0 aliphatic carbocycles. The fourth-order valence-corrected chi connectivity index (χ4v) is 8.06. The van der Waals surface area contributed by atoms with Crippen molar-refractivity contribution in [2.75, 3.05) is 30.8 Å². The number of hydrogen-bond donors (Lipinski definition) is 1. The summed E-state index contributed by atoms with van der Waals surface area (Å²) in [7, 11) is -4.26. The van der Waals surface area contributed by atoms with Crippen molar-refractivity contribution in [3.05, 3.63) is 48.0 Å². The number of amidine groups is 1. The maximum atomic E-state index is 14.7. The number of sulfonamides is 1. The van der Waals surface area contributed by atoms with E-state index in [0.29, 0.717) is 23.1 Å². The van der Waals surface area contributed by atoms with E-state index in [4.69, 9.17) is 9.47 Å². The lowest BCUT2D eigenvalue weighted by atomic mass is 9.87. The Morgan fingerprint density at radius 2 is 1.78 bits per heavy atom. The summed E-state index contributed by atoms with van der Waals surface area (Å²) in [4.78, 5) is 48.0. The number of cyclic esters (lactones) is 1. The smallest absolute Gasteiger partial charge is 0.418 e. The Labute approximate surface area is 295 Å². The Kier molecular flexibility index (Phi) is 12.3. The zero-order valence-electron chi connectivity index (χ0n) is 29.9. The van der Waals surface area contributed by atoms with Gasteiger partial charge in [-0.25, -0.2) is 23.1 Å². The van der Waals surface area contributed by atoms with Crippen LogP contribution in [0.25, 0.3) is 0 Å². The molecule has 2 aliphatic rings. The lowest BCUT2D eigenvalue weighted by molar-refractivity contribution is -0.137. The molecule has 2 atom stereocenters. The normalized spacial score (nSPS) is 18.1. The van der Waals surface area contributed by atoms with Gasteiger partial charge in [0.15, 0.2) is 17.5 Å². The summed E-state index contributed by atoms with van der Waals surface area (Å²) in [6.07, 6.45) is 2.03. The number of benzene rings is 2. The van der Waals surface area contributed by atoms with E-state index in [1.165, 1.54) is 26.0 Å². The van der Waals surface area contributed by atoms with Crippen LogP contribution in [-0.4, -0.2) is 78.5 Å². The lowest BCUT2D eigenvalue weighted by Crippen LogP contribution is -2.59. The van der Waals surface area contributed by atoms with Gasteiger partial charge in [0.05, 0.1) is 11.4 Å². The van der Waals surface area contributed by atoms with Crippen molar-refractivity contribution in [3.63, 3.8) is 0 Å². The van der Waals surface area contributed by atoms with Crippen LogP contribution in [0, 0.1) is 5.92 Å². The van der Waals surface area contributed by atoms with Gasteiger partial charge in [-0.1, -0.05) is 72.6 Å². The van der Waals surface area contributed by atoms with E-state index in [1.807, 2.05) is 25.1 Å². The van der Waals surface area contributed by atoms with Gasteiger partial charge in [0, 0.05) is 30.4 Å². The summed E-state index contributed by atoms with van der Waals surface area (Å²) in [6.45, 7) is 16.1. The average molecular weight is 715 g/mol. The molecule has 3 amide bonds. The molecule has 11 nitrogen and oxygen atoms in total. The molecule has 0 radical (unpaired) electrons. The summed E-state index contributed by atoms with van der Waals surface area (Å²) in [5.41, 5.74) is -0.279. The number of anilines is 1. The molecule has 0 aromatic heterocycles. The first-order chi connectivity index (χ1) is 23.0. The second-order valence-electron chi connectivity index (χ2n) is 14.1. The molecule has 0 saturated carbocycles. The fourth-order valence-electron chi connectivity index (χ4n) is 5.31. The van der Waals surface area contributed by atoms with Gasteiger partial charge in [-0.2, -0.15) is 0 Å². The molecule has 4 rings (SSSR count). The number of unbranched alkanes of at least 4 members (excludes halogenated alkanes) is 1. The standard InChI is InChI=1S/C36H50N4O7S2/c1-9-11-20-46-21-14-19-39-31(37-26-15-12-13-16-29(26)49(39,44)45)30(40-33(42)36(7,8)47-34(40)43)32(41)38-27-22-25(35(4,5)6)17-18-28(27)48-23-24(3)10-2/h12-13,15-18,22,24,30H,9-11,14,19-21,23H2,1-8H3,(H,38,41). The minimum Gasteiger partial charge on any atom is -0.433 e. The van der Waals surface area contributed by atoms with Gasteiger partial charge in [-0.15, -0.1) is 11.8 Å². The minimum atomic E-state index is -4.26. The van der Waals surface area contributed by atoms with Gasteiger partial charge in [0.25, 0.3) is 21.8 Å². The van der Waals surface area contributed by atoms with Crippen LogP contribution >= 0.6 is 11.8 Å². The van der Waals surface area contributed by atoms with E-state index in [9.17, 15) is 22.8 Å². The molecule has 2 aromatic carbocycles. The molecule has 49 heavy (non-hydrogen) atoms. The number of ether oxygens (including phenoxy) is 2. The minimum absolute atomic E-state index is 0.0397. The third-order valence-electron chi connectivity index (χ3n) is 8.56. The number of nitrogens with zero attached hydrogens (tertiary/aromatic N) is 3. The topological polar surface area (TPSA) is 135 Å². The molecule has 0 spiro atoms. The molecule has 2 aliphatic heterocycles. The van der Waals surface area contributed by atoms with Gasteiger partial charge in [0.1, 0.15) is 4.90 Å². The largest absolute Gasteiger partial charge is 0.433 e. The van der Waals surface area contributed by atoms with Crippen molar-refractivity contribution in [3.8, 4) is 0 Å². The predicted molar refractivity (Wildman–Crippen MR) is 193 cm³/mol. The van der Waals surface area contributed by atoms with E-state index in [-0.39, 0.29) is 41.4 Å². The van der Waals surface area contributed by atoms with E-state index >= 15 is 0 Å². The molecular formula is C36H50N4O7S2. The summed E-state index contributed by atoms with van der Waals surface area (Å²) in [5.74, 6) is -0.623. The van der Waals surface area contributed by atoms with Crippen LogP contribution < -0.4 is 5.32 Å². The second-order valence-corrected chi connectivity index (χ2v) is 17.0. The van der Waals surface area contributed by atoms with Gasteiger partial charge in [-0.3, -0.25) is 13.9 Å². The summed E-state index contributed by atoms with van der Waals surface area (Å²) < 4.78 is 40.6. The van der Waals surface area contributed by atoms with Crippen LogP contribution in [0.3, 0.4) is 0 Å². The Balaban J connectivity index is 1.84. The van der Waals surface area contributed by atoms with Crippen molar-refractivity contribution in [2.24, 2.45) is 10.9 Å². The lowest BCUT2D eigenvalue weighted by Gasteiger charge is -2.35. The van der Waals surface area contributed by atoms with E-state index in [0.717, 1.165) is 39.8 Å². The van der Waals surface area contributed by atoms with Crippen molar-refractivity contribution >= 4 is 56.9 Å². The summed E-state index contributed by atoms with van der Waals surface area (Å²) in [5, 5.41) is 2.98. The Hall–Kier alpha value is -3.42. The molecule has 268 valence electrons. The highest BCUT2D eigenvalue weighted by molar-refractivity contribution is 7.99. The SMILES string of the molecule is CCCCOCCCN1C(C(C(=O)Nc2cc(C(C)(C)C)ccc2SCC(C)CC)N2C(=O)OC(C)(C)C2=O)=Nc2ccccc2S1(=O)=O. The quantitative estimate of drug-likeness (QED) is 0.152. The Morgan fingerprint density at radius 3 is 2.41 bits per heavy atom. The molecule has 1 N–H and O–H groups in total. The first kappa shape index (κ1) is 38.4. The number of aliphatic imine (C=N–C) groups is 1. The van der Waals surface area contributed by atoms with Crippen molar-refractivity contribution < 1.29 is 32.3 Å². The molecule has 2 unspecified atom stereocenters. The molecule has 0 bridgehead atoms. The van der Waals surface area contributed by atoms with Crippen LogP contribution in [0.5, 0.6) is 0 Å². The molecule has 2 aromatic rings. The van der Waals surface area contributed by atoms with Crippen molar-refractivity contribution in [2.45, 2.75) is 108 Å². The number of fused-ring (bicyclic) bond motifs is 1. The molecule has 1 fully saturated rings. The van der Waals surface area contributed by atoms with Gasteiger partial charge < -0.3 is 14.8 Å². The number of para-hydroxylation sites is 1. The van der Waals surface area contributed by atoms with Crippen LogP contribution in [0.15, 0.2) is 57.2 Å². The molecule has 13 heteroatoms. The van der Waals surface area contributed by atoms with E-state index in [2.05, 4.69) is 44.9 Å². The highest BCUT2D eigenvalue weighted by atomic mass is 32.2. The number of thioether (sulfide) groups is 1. The predicted octanol–water partition coefficient (Wildman–Crippen LogP) is 7.13. The summed E-state index contributed by atoms with van der Waals surface area (Å²) in [6, 6.07) is 10.3. The Bertz CT molecular complexity index is 1680. The maximum Gasteiger partial charge on any atom is 0.418 e. The first-order valence-electron chi connectivity index (χ1n) is 17.0. The van der Waals surface area contributed by atoms with E-state index in [1.54, 1.807) is 23.9 Å². The van der Waals surface area contributed by atoms with Crippen molar-refractivity contribution in [1.29, 1.82) is 0 Å². The van der Waals surface area contributed by atoms with Gasteiger partial charge >= 0.3 is 6.09 Å². The number of amides is 3. The first-order valence-corrected chi connectivity index (χ1v) is 19.4. The number of carbonyl (C=O) groups is 3. The third-order valence-corrected chi connectivity index (χ3v) is 11.8. The van der Waals surface area contributed by atoms with Gasteiger partial charge in [-0.05, 0) is 67.9 Å². The summed E-state index contributed by atoms with van der Waals surface area (Å²) >= 11 is 1.59. The zero-order chi connectivity index (χ0) is 36.1. The average Bonchev–Trinajstić information content (AvgIpc) is 3.24. The highest BCUT2D eigenvalue weighted by Gasteiger charge is 2.55. The monoisotopic (exact) mass is 714 g/mol. The maximum absolute atomic E-state index is 14.7. The van der Waals surface area contributed by atoms with Crippen LogP contribution in [-0.2, 0) is 34.5 Å². The molecule has 2 heterocycles. The molecule has 1 saturated heterocycles. The number of imide groups is 1. The van der Waals surface area contributed by atoms with Gasteiger partial charge in [0.2, 0.25) is 0 Å². The zero-order valence-corrected chi connectivity index (χ0v) is 31.5. The van der Waals surface area contributed by atoms with Crippen molar-refractivity contribution in [1.82, 2.24) is 9.21 Å². The second kappa shape index (κ2) is 15.6. The molecular weight excluding hydrogens is 665 g/mol. The fraction of sp³-hybridized carbons (Fsp3) is 0.556. The number of rotatable bonds is 15. The van der Waals surface area contributed by atoms with Crippen LogP contribution in [0.4, 0.5) is 16.2 Å². The van der Waals surface area contributed by atoms with Crippen LogP contribution in [0.1, 0.15) is 86.6 Å². The Morgan fingerprint density at radius 1 is 1.08 bits per heavy atom.